The van der Waals surface area contributed by atoms with E-state index in [2.05, 4.69) is 47.6 Å². The summed E-state index contributed by atoms with van der Waals surface area (Å²) in [5, 5.41) is 10.8. The number of allylic oxidation sites excluding steroid dienone is 2. The number of esters is 1. The van der Waals surface area contributed by atoms with Crippen molar-refractivity contribution in [1.82, 2.24) is 0 Å². The molecule has 33 heavy (non-hydrogen) atoms. The van der Waals surface area contributed by atoms with Crippen molar-refractivity contribution in [2.75, 3.05) is 0 Å². The number of cyclic esters (lactones) is 1. The number of aliphatic hydroxyl groups is 1. The number of rotatable bonds is 2. The van der Waals surface area contributed by atoms with E-state index in [-0.39, 0.29) is 39.8 Å². The minimum atomic E-state index is -0.172. The molecule has 0 aromatic carbocycles. The van der Waals surface area contributed by atoms with Crippen LogP contribution in [0.2, 0.25) is 0 Å². The van der Waals surface area contributed by atoms with Crippen LogP contribution in [0, 0.1) is 39.4 Å². The van der Waals surface area contributed by atoms with E-state index in [4.69, 9.17) is 4.74 Å². The van der Waals surface area contributed by atoms with E-state index in [0.29, 0.717) is 17.8 Å². The summed E-state index contributed by atoms with van der Waals surface area (Å²) in [4.78, 5) is 12.3. The highest BCUT2D eigenvalue weighted by Gasteiger charge is 2.63. The summed E-state index contributed by atoms with van der Waals surface area (Å²) in [5.74, 6) is 1.44. The van der Waals surface area contributed by atoms with E-state index in [1.807, 2.05) is 6.92 Å². The quantitative estimate of drug-likeness (QED) is 0.361. The molecule has 2 fully saturated rings. The van der Waals surface area contributed by atoms with Gasteiger partial charge in [-0.05, 0) is 97.7 Å². The number of aliphatic hydroxyl groups excluding tert-OH is 1. The Kier molecular flexibility index (Phi) is 5.34. The van der Waals surface area contributed by atoms with Crippen molar-refractivity contribution < 1.29 is 14.6 Å². The van der Waals surface area contributed by atoms with Gasteiger partial charge in [-0.1, -0.05) is 58.8 Å². The van der Waals surface area contributed by atoms with Crippen molar-refractivity contribution in [3.8, 4) is 0 Å². The average Bonchev–Trinajstić information content (AvgIpc) is 3.04. The van der Waals surface area contributed by atoms with E-state index in [9.17, 15) is 9.90 Å². The molecule has 2 saturated carbocycles. The second kappa shape index (κ2) is 7.45. The van der Waals surface area contributed by atoms with E-state index in [1.165, 1.54) is 38.5 Å². The van der Waals surface area contributed by atoms with E-state index < -0.39 is 0 Å². The topological polar surface area (TPSA) is 46.5 Å². The number of ether oxygens (including phenoxy) is 1. The second-order valence-electron chi connectivity index (χ2n) is 13.7. The lowest BCUT2D eigenvalue weighted by atomic mass is 9.43. The number of carbonyl (C=O) groups is 1. The molecule has 3 nitrogen and oxygen atoms in total. The van der Waals surface area contributed by atoms with Gasteiger partial charge in [0.2, 0.25) is 0 Å². The Morgan fingerprint density at radius 3 is 2.42 bits per heavy atom. The van der Waals surface area contributed by atoms with Gasteiger partial charge in [-0.25, -0.2) is 4.79 Å². The zero-order chi connectivity index (χ0) is 24.0. The van der Waals surface area contributed by atoms with Gasteiger partial charge in [0.15, 0.2) is 0 Å². The summed E-state index contributed by atoms with van der Waals surface area (Å²) in [6, 6.07) is 0. The maximum absolute atomic E-state index is 12.3. The molecule has 1 aliphatic heterocycles. The Hall–Kier alpha value is -1.09. The first-order valence-corrected chi connectivity index (χ1v) is 13.6. The Balaban J connectivity index is 1.48. The smallest absolute Gasteiger partial charge is 0.333 e. The molecule has 184 valence electrons. The molecule has 0 aromatic rings. The van der Waals surface area contributed by atoms with Crippen molar-refractivity contribution >= 4 is 5.97 Å². The average molecular weight is 455 g/mol. The third-order valence-electron chi connectivity index (χ3n) is 12.3. The van der Waals surface area contributed by atoms with Gasteiger partial charge in [-0.3, -0.25) is 0 Å². The summed E-state index contributed by atoms with van der Waals surface area (Å²) in [7, 11) is 0. The highest BCUT2D eigenvalue weighted by Crippen LogP contribution is 2.72. The third kappa shape index (κ3) is 3.06. The fourth-order valence-electron chi connectivity index (χ4n) is 9.80. The van der Waals surface area contributed by atoms with Crippen molar-refractivity contribution in [2.45, 2.75) is 118 Å². The lowest BCUT2D eigenvalue weighted by Gasteiger charge is -2.62. The Morgan fingerprint density at radius 2 is 1.73 bits per heavy atom. The minimum Gasteiger partial charge on any atom is -0.458 e. The lowest BCUT2D eigenvalue weighted by Crippen LogP contribution is -2.55. The highest BCUT2D eigenvalue weighted by molar-refractivity contribution is 5.88. The number of carbonyl (C=O) groups excluding carboxylic acids is 1. The van der Waals surface area contributed by atoms with Crippen LogP contribution in [0.4, 0.5) is 0 Å². The van der Waals surface area contributed by atoms with Crippen LogP contribution in [0.1, 0.15) is 106 Å². The number of hydrogen-bond donors (Lipinski definition) is 1. The fraction of sp³-hybridized carbons (Fsp3) is 0.833. The second-order valence-corrected chi connectivity index (χ2v) is 13.7. The van der Waals surface area contributed by atoms with Crippen LogP contribution in [0.5, 0.6) is 0 Å². The van der Waals surface area contributed by atoms with Crippen molar-refractivity contribution in [1.29, 1.82) is 0 Å². The molecule has 0 aromatic heterocycles. The molecule has 4 aliphatic carbocycles. The first kappa shape index (κ1) is 23.6. The van der Waals surface area contributed by atoms with E-state index >= 15 is 0 Å². The molecule has 0 amide bonds. The molecule has 1 heterocycles. The maximum Gasteiger partial charge on any atom is 0.333 e. The van der Waals surface area contributed by atoms with Crippen LogP contribution in [-0.4, -0.2) is 23.3 Å². The number of fused-ring (bicyclic) bond motifs is 4. The predicted molar refractivity (Wildman–Crippen MR) is 132 cm³/mol. The molecular formula is C30H46O3. The van der Waals surface area contributed by atoms with Gasteiger partial charge in [0.25, 0.3) is 0 Å². The SMILES string of the molecule is CC1=CC[C@@H]([C@@H](C)[C@H]2CC[C@@]3(C)C4=C(CC[C@]23C)[C@@]2(C)CC[C@H](O)C(C)(C)[C@@H]2CC4)OC1=O. The highest BCUT2D eigenvalue weighted by atomic mass is 16.5. The largest absolute Gasteiger partial charge is 0.458 e. The van der Waals surface area contributed by atoms with Crippen molar-refractivity contribution in [2.24, 2.45) is 39.4 Å². The van der Waals surface area contributed by atoms with Gasteiger partial charge in [0.1, 0.15) is 6.10 Å². The molecule has 5 aliphatic rings. The van der Waals surface area contributed by atoms with Gasteiger partial charge in [0, 0.05) is 12.0 Å². The fourth-order valence-corrected chi connectivity index (χ4v) is 9.80. The summed E-state index contributed by atoms with van der Waals surface area (Å²) in [6.45, 7) is 16.5. The molecule has 0 spiro atoms. The zero-order valence-corrected chi connectivity index (χ0v) is 22.1. The van der Waals surface area contributed by atoms with Crippen LogP contribution in [-0.2, 0) is 9.53 Å². The summed E-state index contributed by atoms with van der Waals surface area (Å²) in [6.07, 6.45) is 12.3. The molecule has 0 radical (unpaired) electrons. The summed E-state index contributed by atoms with van der Waals surface area (Å²) < 4.78 is 5.91. The van der Waals surface area contributed by atoms with Gasteiger partial charge in [0.05, 0.1) is 6.10 Å². The molecule has 3 heteroatoms. The lowest BCUT2D eigenvalue weighted by molar-refractivity contribution is -0.150. The van der Waals surface area contributed by atoms with Gasteiger partial charge in [-0.15, -0.1) is 0 Å². The first-order chi connectivity index (χ1) is 15.4. The van der Waals surface area contributed by atoms with Crippen LogP contribution in [0.3, 0.4) is 0 Å². The predicted octanol–water partition coefficient (Wildman–Crippen LogP) is 6.99. The number of hydrogen-bond acceptors (Lipinski definition) is 3. The molecular weight excluding hydrogens is 408 g/mol. The molecule has 0 unspecified atom stereocenters. The van der Waals surface area contributed by atoms with Crippen LogP contribution in [0.25, 0.3) is 0 Å². The maximum atomic E-state index is 12.3. The monoisotopic (exact) mass is 454 g/mol. The summed E-state index contributed by atoms with van der Waals surface area (Å²) >= 11 is 0. The molecule has 0 saturated heterocycles. The zero-order valence-electron chi connectivity index (χ0n) is 22.1. The van der Waals surface area contributed by atoms with Crippen LogP contribution in [0.15, 0.2) is 22.8 Å². The van der Waals surface area contributed by atoms with Gasteiger partial charge in [-0.2, -0.15) is 0 Å². The molecule has 1 N–H and O–H groups in total. The standard InChI is InChI=1S/C30H46O3/c1-18-8-10-23(33-26(18)32)19(2)20-12-16-30(7)22-9-11-24-27(3,4)25(31)14-15-28(24,5)21(22)13-17-29(20,30)6/h8,19-20,23-25,31H,9-17H2,1-7H3/t19-,20+,23-,24-,25-,28+,29+,30-/m0/s1. The Bertz CT molecular complexity index is 912. The van der Waals surface area contributed by atoms with Crippen molar-refractivity contribution in [3.63, 3.8) is 0 Å². The third-order valence-corrected chi connectivity index (χ3v) is 12.3. The Labute approximate surface area is 201 Å². The molecule has 0 bridgehead atoms. The van der Waals surface area contributed by atoms with Gasteiger partial charge >= 0.3 is 5.97 Å². The van der Waals surface area contributed by atoms with E-state index in [1.54, 1.807) is 11.1 Å². The molecule has 8 atom stereocenters. The van der Waals surface area contributed by atoms with Crippen LogP contribution >= 0.6 is 0 Å². The van der Waals surface area contributed by atoms with Gasteiger partial charge < -0.3 is 9.84 Å². The normalized spacial score (nSPS) is 47.8. The first-order valence-electron chi connectivity index (χ1n) is 13.6. The van der Waals surface area contributed by atoms with Crippen molar-refractivity contribution in [3.05, 3.63) is 22.8 Å². The molecule has 5 rings (SSSR count). The summed E-state index contributed by atoms with van der Waals surface area (Å²) in [5.41, 5.74) is 5.07. The van der Waals surface area contributed by atoms with E-state index in [0.717, 1.165) is 24.8 Å². The Morgan fingerprint density at radius 1 is 1.00 bits per heavy atom. The van der Waals surface area contributed by atoms with Crippen LogP contribution < -0.4 is 0 Å². The minimum absolute atomic E-state index is 0.00355.